The molecule has 2 heterocycles. The third kappa shape index (κ3) is 51.1. The van der Waals surface area contributed by atoms with E-state index < -0.39 is 95.6 Å². The molecule has 2 unspecified atom stereocenters. The van der Waals surface area contributed by atoms with Crippen LogP contribution in [-0.4, -0.2) is 393 Å². The molecule has 0 saturated carbocycles. The Morgan fingerprint density at radius 3 is 0.902 bits per heavy atom. The van der Waals surface area contributed by atoms with Crippen molar-refractivity contribution in [3.05, 3.63) is 59.7 Å². The molecule has 44 heteroatoms. The summed E-state index contributed by atoms with van der Waals surface area (Å²) in [5, 5.41) is 97.0. The number of hydrogen-bond acceptors (Lipinski definition) is 28. The van der Waals surface area contributed by atoms with E-state index in [-0.39, 0.29) is 254 Å². The summed E-state index contributed by atoms with van der Waals surface area (Å²) < 4.78 is 0. The highest BCUT2D eigenvalue weighted by Gasteiger charge is 2.34. The van der Waals surface area contributed by atoms with Crippen LogP contribution in [0.5, 0.6) is 0 Å². The number of nitrogens with one attached hydrogen (secondary N) is 8. The molecule has 0 aromatic heterocycles. The number of carboxylic acid groups (broad SMARTS) is 8. The summed E-state index contributed by atoms with van der Waals surface area (Å²) in [5.41, 5.74) is 2.29. The Hall–Kier alpha value is -10.3. The Morgan fingerprint density at radius 2 is 0.636 bits per heavy atom. The van der Waals surface area contributed by atoms with Crippen LogP contribution in [0.15, 0.2) is 48.5 Å². The largest absolute Gasteiger partial charge is 0.481 e. The second kappa shape index (κ2) is 64.5. The molecule has 132 heavy (non-hydrogen) atoms. The van der Waals surface area contributed by atoms with Crippen LogP contribution in [0.4, 0.5) is 21.0 Å². The maximum absolute atomic E-state index is 13.7. The SMILES string of the molecule is CC[C@H](C)[C@H](CC(=O)[C@H](CCSC)NC(=O)Nc1ccc(CNC(=O)CN2CCN(CC(=O)O)CCN(CC(=O)O)CCN(CC(=O)O)CC2)cc1)C(=O)NCCCC(=O)C(C)CC(=O)O.CC[C@H](C)[C@H](CC(=O)[C@H](CCSC)NC(=O)Nc1ccc(CNC(=O)CN2CCN(CC(=O)O)CCN(CC(=O)O)CCN(CC(=O)O)CC2)cc1)C(=O)NCCCC(=O)CC(C)C(=O)O. The van der Waals surface area contributed by atoms with Gasteiger partial charge in [-0.15, -0.1) is 0 Å². The van der Waals surface area contributed by atoms with Gasteiger partial charge in [-0.25, -0.2) is 9.59 Å². The lowest BCUT2D eigenvalue weighted by atomic mass is 9.85. The molecule has 2 aliphatic heterocycles. The average molecular weight is 1900 g/mol. The number of carbonyl (C=O) groups excluding carboxylic acids is 10. The topological polar surface area (TPSA) is 591 Å². The maximum Gasteiger partial charge on any atom is 0.319 e. The molecule has 16 N–H and O–H groups in total. The predicted octanol–water partition coefficient (Wildman–Crippen LogP) is 2.44. The number of amides is 8. The minimum Gasteiger partial charge on any atom is -0.481 e. The zero-order valence-electron chi connectivity index (χ0n) is 77.3. The minimum absolute atomic E-state index is 0.0504. The molecule has 0 aliphatic carbocycles. The van der Waals surface area contributed by atoms with E-state index in [1.54, 1.807) is 84.9 Å². The van der Waals surface area contributed by atoms with Crippen LogP contribution in [0.2, 0.25) is 0 Å². The molecule has 0 spiro atoms. The zero-order chi connectivity index (χ0) is 98.4. The fourth-order valence-corrected chi connectivity index (χ4v) is 15.4. The van der Waals surface area contributed by atoms with Crippen molar-refractivity contribution in [1.29, 1.82) is 0 Å². The van der Waals surface area contributed by atoms with Crippen LogP contribution in [0.25, 0.3) is 0 Å². The van der Waals surface area contributed by atoms with Crippen molar-refractivity contribution in [1.82, 2.24) is 71.1 Å². The van der Waals surface area contributed by atoms with E-state index in [4.69, 9.17) is 10.2 Å². The lowest BCUT2D eigenvalue weighted by Crippen LogP contribution is -2.49. The number of urea groups is 2. The smallest absolute Gasteiger partial charge is 0.319 e. The maximum atomic E-state index is 13.7. The summed E-state index contributed by atoms with van der Waals surface area (Å²) in [5.74, 6) is -12.6. The van der Waals surface area contributed by atoms with Crippen molar-refractivity contribution in [2.45, 2.75) is 144 Å². The molecule has 2 saturated heterocycles. The lowest BCUT2D eigenvalue weighted by molar-refractivity contribution is -0.143. The number of nitrogens with zero attached hydrogens (tertiary/aromatic N) is 8. The number of carboxylic acids is 8. The Labute approximate surface area is 779 Å². The monoisotopic (exact) mass is 1900 g/mol. The van der Waals surface area contributed by atoms with Crippen LogP contribution < -0.4 is 42.5 Å². The van der Waals surface area contributed by atoms with Crippen molar-refractivity contribution in [2.24, 2.45) is 35.5 Å². The second-order valence-corrected chi connectivity index (χ2v) is 35.4. The van der Waals surface area contributed by atoms with E-state index in [0.717, 1.165) is 11.1 Å². The summed E-state index contributed by atoms with van der Waals surface area (Å²) in [6.07, 6.45) is 6.05. The molecule has 8 amide bonds. The molecule has 0 bridgehead atoms. The number of ketones is 4. The molecule has 740 valence electrons. The van der Waals surface area contributed by atoms with Gasteiger partial charge in [0.15, 0.2) is 11.6 Å². The summed E-state index contributed by atoms with van der Waals surface area (Å²) in [7, 11) is 0. The number of thioether (sulfide) groups is 2. The normalized spacial score (nSPS) is 16.5. The van der Waals surface area contributed by atoms with Crippen molar-refractivity contribution < 1.29 is 127 Å². The molecule has 2 aliphatic rings. The van der Waals surface area contributed by atoms with E-state index in [9.17, 15) is 117 Å². The van der Waals surface area contributed by atoms with E-state index in [1.165, 1.54) is 30.4 Å². The van der Waals surface area contributed by atoms with Gasteiger partial charge in [0.25, 0.3) is 0 Å². The number of benzene rings is 2. The zero-order valence-corrected chi connectivity index (χ0v) is 78.9. The van der Waals surface area contributed by atoms with Crippen LogP contribution in [0.3, 0.4) is 0 Å². The van der Waals surface area contributed by atoms with Crippen molar-refractivity contribution in [3.8, 4) is 0 Å². The molecule has 2 aromatic rings. The third-order valence-corrected chi connectivity index (χ3v) is 24.0. The Bertz CT molecular complexity index is 3980. The van der Waals surface area contributed by atoms with Gasteiger partial charge in [-0.3, -0.25) is 116 Å². The highest BCUT2D eigenvalue weighted by molar-refractivity contribution is 7.98. The fourth-order valence-electron chi connectivity index (χ4n) is 14.4. The number of aliphatic carboxylic acids is 8. The summed E-state index contributed by atoms with van der Waals surface area (Å²) in [6, 6.07) is 10.5. The van der Waals surface area contributed by atoms with Gasteiger partial charge in [0.1, 0.15) is 11.6 Å². The number of rotatable bonds is 56. The molecule has 8 atom stereocenters. The van der Waals surface area contributed by atoms with Gasteiger partial charge in [0.05, 0.1) is 76.8 Å². The first kappa shape index (κ1) is 116. The average Bonchev–Trinajstić information content (AvgIpc) is 0.859. The highest BCUT2D eigenvalue weighted by atomic mass is 32.2. The molecular weight excluding hydrogens is 1760 g/mol. The van der Waals surface area contributed by atoms with Gasteiger partial charge in [0.2, 0.25) is 23.6 Å². The lowest BCUT2D eigenvalue weighted by Gasteiger charge is -2.32. The summed E-state index contributed by atoms with van der Waals surface area (Å²) in [4.78, 5) is 236. The van der Waals surface area contributed by atoms with E-state index in [2.05, 4.69) is 42.5 Å². The van der Waals surface area contributed by atoms with Crippen molar-refractivity contribution in [3.63, 3.8) is 0 Å². The van der Waals surface area contributed by atoms with Crippen LogP contribution in [0, 0.1) is 35.5 Å². The highest BCUT2D eigenvalue weighted by Crippen LogP contribution is 2.25. The van der Waals surface area contributed by atoms with Crippen molar-refractivity contribution >= 4 is 141 Å². The number of Topliss-reactive ketones (excluding diaryl/α,β-unsaturated/α-hetero) is 4. The number of carbonyl (C=O) groups is 18. The molecule has 4 rings (SSSR count). The fraction of sp³-hybridized carbons (Fsp3) is 0.659. The molecule has 2 aromatic carbocycles. The van der Waals surface area contributed by atoms with Gasteiger partial charge in [0, 0.05) is 192 Å². The molecule has 2 fully saturated rings. The van der Waals surface area contributed by atoms with E-state index in [0.29, 0.717) is 87.6 Å². The van der Waals surface area contributed by atoms with Crippen LogP contribution >= 0.6 is 23.5 Å². The first-order chi connectivity index (χ1) is 62.6. The summed E-state index contributed by atoms with van der Waals surface area (Å²) in [6.45, 7) is 13.9. The predicted molar refractivity (Wildman–Crippen MR) is 494 cm³/mol. The standard InChI is InChI=1S/2C44H70N8O13S/c1-5-30(2)34(43(64)45-13-6-7-36(53)31(3)23-39(56)57)24-37(54)35(12-22-66-4)48-44(65)47-33-10-8-32(9-11-33)25-46-38(55)26-49-14-16-50(27-40(58)59)18-20-52(29-42(62)63)21-19-51(17-15-49)28-41(60)61;1-5-30(2)35(42(62)45-13-6-7-34(53)23-31(3)43(63)64)24-37(54)36(12-22-66-4)48-44(65)47-33-10-8-32(9-11-33)25-46-38(55)26-49-14-16-50(27-39(56)57)18-20-52(29-41(60)61)21-19-51(17-15-49)28-40(58)59/h8-11,30-31,34-35H,5-7,12-29H2,1-4H3,(H,45,64)(H,46,55)(H,56,57)(H,58,59)(H,60,61)(H,62,63)(H2,47,48,65);8-11,30-31,35-36H,5-7,12-29H2,1-4H3,(H,45,62)(H,46,55)(H,56,57)(H,58,59)(H,60,61)(H,63,64)(H2,47,48,65)/t30-,31?,34-,35-;30-,31?,35-,36-/m00/s1. The Balaban J connectivity index is 0.000000680. The molecule has 0 radical (unpaired) electrons. The minimum atomic E-state index is -1.05. The number of anilines is 2. The van der Waals surface area contributed by atoms with Crippen molar-refractivity contribution in [2.75, 3.05) is 205 Å². The summed E-state index contributed by atoms with van der Waals surface area (Å²) >= 11 is 3.02. The Kier molecular flexibility index (Phi) is 56.6. The van der Waals surface area contributed by atoms with Gasteiger partial charge >= 0.3 is 59.8 Å². The van der Waals surface area contributed by atoms with Crippen LogP contribution in [0.1, 0.15) is 130 Å². The van der Waals surface area contributed by atoms with Gasteiger partial charge in [-0.1, -0.05) is 78.6 Å². The third-order valence-electron chi connectivity index (χ3n) is 22.8. The molecular formula is C88H140N16O26S2. The van der Waals surface area contributed by atoms with Gasteiger partial charge in [-0.2, -0.15) is 23.5 Å². The Morgan fingerprint density at radius 1 is 0.348 bits per heavy atom. The van der Waals surface area contributed by atoms with Gasteiger partial charge < -0.3 is 83.4 Å². The quantitative estimate of drug-likeness (QED) is 0.0423. The van der Waals surface area contributed by atoms with Gasteiger partial charge in [-0.05, 0) is 96.9 Å². The second-order valence-electron chi connectivity index (χ2n) is 33.4. The first-order valence-electron chi connectivity index (χ1n) is 44.6. The van der Waals surface area contributed by atoms with Crippen LogP contribution in [-0.2, 0) is 89.8 Å². The first-order valence-corrected chi connectivity index (χ1v) is 47.4. The molecule has 42 nitrogen and oxygen atoms in total. The van der Waals surface area contributed by atoms with E-state index >= 15 is 0 Å². The number of hydrogen-bond donors (Lipinski definition) is 16. The van der Waals surface area contributed by atoms with E-state index in [1.807, 2.05) is 50.0 Å².